The van der Waals surface area contributed by atoms with Gasteiger partial charge in [0.1, 0.15) is 5.75 Å². The molecule has 0 fully saturated rings. The van der Waals surface area contributed by atoms with Crippen LogP contribution in [0.4, 0.5) is 0 Å². The van der Waals surface area contributed by atoms with E-state index < -0.39 is 5.97 Å². The van der Waals surface area contributed by atoms with Crippen molar-refractivity contribution in [2.75, 3.05) is 13.7 Å². The number of hydrogen-bond acceptors (Lipinski definition) is 4. The molecule has 2 aromatic rings. The van der Waals surface area contributed by atoms with Gasteiger partial charge in [-0.1, -0.05) is 36.4 Å². The third-order valence-electron chi connectivity index (χ3n) is 4.30. The molecule has 2 aromatic carbocycles. The smallest absolute Gasteiger partial charge is 0.310 e. The zero-order valence-electron chi connectivity index (χ0n) is 15.7. The molecule has 26 heavy (non-hydrogen) atoms. The number of ether oxygens (including phenoxy) is 2. The molecule has 0 spiro atoms. The van der Waals surface area contributed by atoms with Gasteiger partial charge in [-0.15, -0.1) is 0 Å². The predicted octanol–water partition coefficient (Wildman–Crippen LogP) is 3.28. The van der Waals surface area contributed by atoms with Gasteiger partial charge in [0.2, 0.25) is 0 Å². The summed E-state index contributed by atoms with van der Waals surface area (Å²) in [5.74, 6) is -0.176. The van der Waals surface area contributed by atoms with E-state index in [1.54, 1.807) is 19.2 Å². The molecule has 1 N–H and O–H groups in total. The average Bonchev–Trinajstić information content (AvgIpc) is 2.62. The maximum absolute atomic E-state index is 12.0. The highest BCUT2D eigenvalue weighted by Crippen LogP contribution is 2.18. The van der Waals surface area contributed by atoms with Crippen LogP contribution in [-0.4, -0.2) is 25.6 Å². The highest BCUT2D eigenvalue weighted by molar-refractivity contribution is 5.81. The lowest BCUT2D eigenvalue weighted by Gasteiger charge is -2.16. The third kappa shape index (κ3) is 5.34. The van der Waals surface area contributed by atoms with Crippen LogP contribution < -0.4 is 10.1 Å². The Bertz CT molecular complexity index is 785. The molecule has 0 aliphatic heterocycles. The minimum Gasteiger partial charge on any atom is -0.496 e. The molecule has 5 heteroatoms. The van der Waals surface area contributed by atoms with E-state index in [1.807, 2.05) is 51.1 Å². The summed E-state index contributed by atoms with van der Waals surface area (Å²) in [6.45, 7) is 5.68. The number of carbonyl (C=O) groups excluding carboxylic acids is 2. The number of esters is 1. The number of carbonyl (C=O) groups is 2. The number of para-hydroxylation sites is 1. The molecule has 0 saturated heterocycles. The van der Waals surface area contributed by atoms with E-state index in [2.05, 4.69) is 5.32 Å². The molecule has 5 nitrogen and oxygen atoms in total. The van der Waals surface area contributed by atoms with E-state index in [4.69, 9.17) is 9.47 Å². The Morgan fingerprint density at radius 2 is 1.81 bits per heavy atom. The molecular formula is C21H25NO4. The van der Waals surface area contributed by atoms with Crippen molar-refractivity contribution in [1.82, 2.24) is 5.32 Å². The topological polar surface area (TPSA) is 64.6 Å². The maximum Gasteiger partial charge on any atom is 0.310 e. The van der Waals surface area contributed by atoms with E-state index in [-0.39, 0.29) is 25.0 Å². The Morgan fingerprint density at radius 1 is 1.08 bits per heavy atom. The summed E-state index contributed by atoms with van der Waals surface area (Å²) >= 11 is 0. The first-order chi connectivity index (χ1) is 12.4. The Kier molecular flexibility index (Phi) is 6.78. The fourth-order valence-corrected chi connectivity index (χ4v) is 2.60. The van der Waals surface area contributed by atoms with Crippen LogP contribution in [0.1, 0.15) is 35.2 Å². The Morgan fingerprint density at radius 3 is 2.50 bits per heavy atom. The molecule has 0 aromatic heterocycles. The maximum atomic E-state index is 12.0. The van der Waals surface area contributed by atoms with E-state index in [1.165, 1.54) is 11.1 Å². The predicted molar refractivity (Wildman–Crippen MR) is 100 cm³/mol. The SMILES string of the molecule is COc1ccccc1CC(=O)OCC(=O)NC(C)c1ccc(C)c(C)c1. The largest absolute Gasteiger partial charge is 0.496 e. The second-order valence-corrected chi connectivity index (χ2v) is 6.28. The van der Waals surface area contributed by atoms with Crippen LogP contribution in [-0.2, 0) is 20.7 Å². The highest BCUT2D eigenvalue weighted by atomic mass is 16.5. The number of methoxy groups -OCH3 is 1. The summed E-state index contributed by atoms with van der Waals surface area (Å²) in [7, 11) is 1.55. The molecule has 0 aliphatic rings. The molecule has 0 saturated carbocycles. The van der Waals surface area contributed by atoms with Gasteiger partial charge in [-0.25, -0.2) is 0 Å². The monoisotopic (exact) mass is 355 g/mol. The second-order valence-electron chi connectivity index (χ2n) is 6.28. The fourth-order valence-electron chi connectivity index (χ4n) is 2.60. The van der Waals surface area contributed by atoms with Gasteiger partial charge < -0.3 is 14.8 Å². The molecule has 0 bridgehead atoms. The van der Waals surface area contributed by atoms with Crippen LogP contribution >= 0.6 is 0 Å². The molecular weight excluding hydrogens is 330 g/mol. The van der Waals surface area contributed by atoms with E-state index in [0.29, 0.717) is 5.75 Å². The lowest BCUT2D eigenvalue weighted by Crippen LogP contribution is -2.31. The van der Waals surface area contributed by atoms with Gasteiger partial charge in [-0.3, -0.25) is 9.59 Å². The summed E-state index contributed by atoms with van der Waals surface area (Å²) in [6, 6.07) is 13.1. The molecule has 1 unspecified atom stereocenters. The molecule has 0 heterocycles. The Balaban J connectivity index is 1.84. The van der Waals surface area contributed by atoms with Crippen molar-refractivity contribution in [3.63, 3.8) is 0 Å². The molecule has 2 rings (SSSR count). The lowest BCUT2D eigenvalue weighted by molar-refractivity contribution is -0.148. The van der Waals surface area contributed by atoms with Gasteiger partial charge >= 0.3 is 5.97 Å². The molecule has 1 amide bonds. The lowest BCUT2D eigenvalue weighted by atomic mass is 10.0. The van der Waals surface area contributed by atoms with Gasteiger partial charge in [-0.2, -0.15) is 0 Å². The Hall–Kier alpha value is -2.82. The van der Waals surface area contributed by atoms with Gasteiger partial charge in [0.15, 0.2) is 6.61 Å². The number of amides is 1. The summed E-state index contributed by atoms with van der Waals surface area (Å²) < 4.78 is 10.3. The normalized spacial score (nSPS) is 11.5. The van der Waals surface area contributed by atoms with Crippen molar-refractivity contribution < 1.29 is 19.1 Å². The van der Waals surface area contributed by atoms with Gasteiger partial charge in [0, 0.05) is 5.56 Å². The van der Waals surface area contributed by atoms with Gasteiger partial charge in [0.05, 0.1) is 19.6 Å². The molecule has 0 aliphatic carbocycles. The number of benzene rings is 2. The number of rotatable bonds is 7. The van der Waals surface area contributed by atoms with Crippen molar-refractivity contribution in [1.29, 1.82) is 0 Å². The van der Waals surface area contributed by atoms with Crippen LogP contribution in [0, 0.1) is 13.8 Å². The highest BCUT2D eigenvalue weighted by Gasteiger charge is 2.14. The van der Waals surface area contributed by atoms with Crippen LogP contribution in [0.25, 0.3) is 0 Å². The molecule has 1 atom stereocenters. The van der Waals surface area contributed by atoms with Crippen molar-refractivity contribution in [2.24, 2.45) is 0 Å². The molecule has 0 radical (unpaired) electrons. The average molecular weight is 355 g/mol. The van der Waals surface area contributed by atoms with Gasteiger partial charge in [0.25, 0.3) is 5.91 Å². The van der Waals surface area contributed by atoms with E-state index in [9.17, 15) is 9.59 Å². The molecule has 138 valence electrons. The standard InChI is InChI=1S/C21H25NO4/c1-14-9-10-17(11-15(14)2)16(3)22-20(23)13-26-21(24)12-18-7-5-6-8-19(18)25-4/h5-11,16H,12-13H2,1-4H3,(H,22,23). The van der Waals surface area contributed by atoms with Crippen LogP contribution in [0.2, 0.25) is 0 Å². The van der Waals surface area contributed by atoms with Crippen molar-refractivity contribution >= 4 is 11.9 Å². The summed E-state index contributed by atoms with van der Waals surface area (Å²) in [5, 5.41) is 2.84. The number of nitrogens with one attached hydrogen (secondary N) is 1. The van der Waals surface area contributed by atoms with Crippen molar-refractivity contribution in [2.45, 2.75) is 33.2 Å². The number of aryl methyl sites for hydroxylation is 2. The van der Waals surface area contributed by atoms with E-state index in [0.717, 1.165) is 11.1 Å². The van der Waals surface area contributed by atoms with Crippen LogP contribution in [0.3, 0.4) is 0 Å². The summed E-state index contributed by atoms with van der Waals surface area (Å²) in [5.41, 5.74) is 4.12. The van der Waals surface area contributed by atoms with Crippen molar-refractivity contribution in [3.8, 4) is 5.75 Å². The first-order valence-electron chi connectivity index (χ1n) is 8.54. The van der Waals surface area contributed by atoms with Crippen LogP contribution in [0.5, 0.6) is 5.75 Å². The Labute approximate surface area is 154 Å². The second kappa shape index (κ2) is 9.04. The summed E-state index contributed by atoms with van der Waals surface area (Å²) in [6.07, 6.45) is 0.0595. The van der Waals surface area contributed by atoms with Crippen LogP contribution in [0.15, 0.2) is 42.5 Å². The quantitative estimate of drug-likeness (QED) is 0.774. The number of hydrogen-bond donors (Lipinski definition) is 1. The van der Waals surface area contributed by atoms with Gasteiger partial charge in [-0.05, 0) is 43.5 Å². The minimum atomic E-state index is -0.469. The zero-order chi connectivity index (χ0) is 19.1. The fraction of sp³-hybridized carbons (Fsp3) is 0.333. The third-order valence-corrected chi connectivity index (χ3v) is 4.30. The van der Waals surface area contributed by atoms with E-state index >= 15 is 0 Å². The minimum absolute atomic E-state index is 0.0595. The van der Waals surface area contributed by atoms with Crippen molar-refractivity contribution in [3.05, 3.63) is 64.7 Å². The summed E-state index contributed by atoms with van der Waals surface area (Å²) in [4.78, 5) is 24.0. The first kappa shape index (κ1) is 19.5. The first-order valence-corrected chi connectivity index (χ1v) is 8.54. The zero-order valence-corrected chi connectivity index (χ0v) is 15.7.